The van der Waals surface area contributed by atoms with Gasteiger partial charge in [-0.05, 0) is 91.5 Å². The molecule has 0 aliphatic heterocycles. The number of benzene rings is 3. The molecule has 1 atom stereocenters. The summed E-state index contributed by atoms with van der Waals surface area (Å²) in [5.41, 5.74) is 5.46. The average Bonchev–Trinajstić information content (AvgIpc) is 2.89. The van der Waals surface area contributed by atoms with Crippen molar-refractivity contribution < 1.29 is 13.7 Å². The minimum atomic E-state index is -1.24. The highest BCUT2D eigenvalue weighted by Gasteiger charge is 2.24. The summed E-state index contributed by atoms with van der Waals surface area (Å²) < 4.78 is 29.3. The Balaban J connectivity index is 1.26. The molecule has 0 bridgehead atoms. The topological polar surface area (TPSA) is 61.7 Å². The molecule has 6 heteroatoms. The third kappa shape index (κ3) is 7.17. The van der Waals surface area contributed by atoms with Gasteiger partial charge in [0, 0.05) is 18.4 Å². The van der Waals surface area contributed by atoms with Gasteiger partial charge in [-0.25, -0.2) is 13.3 Å². The van der Waals surface area contributed by atoms with Gasteiger partial charge in [0.15, 0.2) is 0 Å². The zero-order valence-electron chi connectivity index (χ0n) is 20.1. The minimum Gasteiger partial charge on any atom is -0.396 e. The fourth-order valence-corrected chi connectivity index (χ4v) is 5.61. The van der Waals surface area contributed by atoms with Gasteiger partial charge in [-0.1, -0.05) is 48.5 Å². The van der Waals surface area contributed by atoms with Crippen molar-refractivity contribution >= 4 is 16.7 Å². The molecule has 1 saturated carbocycles. The molecular weight excluding hydrogens is 459 g/mol. The quantitative estimate of drug-likeness (QED) is 0.368. The normalized spacial score (nSPS) is 19.5. The number of rotatable bonds is 9. The van der Waals surface area contributed by atoms with Gasteiger partial charge in [0.05, 0.1) is 11.4 Å². The second-order valence-corrected chi connectivity index (χ2v) is 10.5. The smallest absolute Gasteiger partial charge is 0.125 e. The Labute approximate surface area is 209 Å². The summed E-state index contributed by atoms with van der Waals surface area (Å²) in [7, 11) is -1.24. The van der Waals surface area contributed by atoms with Gasteiger partial charge in [0.2, 0.25) is 0 Å². The van der Waals surface area contributed by atoms with Crippen molar-refractivity contribution in [1.82, 2.24) is 4.72 Å². The van der Waals surface area contributed by atoms with E-state index in [1.807, 2.05) is 36.4 Å². The van der Waals surface area contributed by atoms with Crippen LogP contribution in [0.4, 0.5) is 4.39 Å². The third-order valence-electron chi connectivity index (χ3n) is 6.77. The molecule has 0 amide bonds. The monoisotopic (exact) mass is 492 g/mol. The highest BCUT2D eigenvalue weighted by atomic mass is 32.2. The van der Waals surface area contributed by atoms with Crippen molar-refractivity contribution in [3.8, 4) is 11.1 Å². The maximum Gasteiger partial charge on any atom is 0.125 e. The van der Waals surface area contributed by atoms with Gasteiger partial charge < -0.3 is 5.11 Å². The van der Waals surface area contributed by atoms with Crippen LogP contribution in [0.25, 0.3) is 11.1 Å². The molecular formula is C29H33FN2O2S. The molecule has 1 aliphatic carbocycles. The van der Waals surface area contributed by atoms with Crippen molar-refractivity contribution in [2.45, 2.75) is 56.5 Å². The maximum atomic E-state index is 13.1. The molecule has 184 valence electrons. The van der Waals surface area contributed by atoms with Crippen molar-refractivity contribution in [3.05, 3.63) is 89.7 Å². The molecule has 1 fully saturated rings. The molecule has 0 saturated heterocycles. The number of halogens is 1. The highest BCUT2D eigenvalue weighted by molar-refractivity contribution is 7.83. The van der Waals surface area contributed by atoms with E-state index in [4.69, 9.17) is 10.1 Å². The second kappa shape index (κ2) is 12.3. The number of aliphatic hydroxyl groups excluding tert-OH is 1. The molecule has 4 rings (SSSR count). The first kappa shape index (κ1) is 25.4. The Morgan fingerprint density at radius 2 is 1.49 bits per heavy atom. The summed E-state index contributed by atoms with van der Waals surface area (Å²) in [5.74, 6) is 0.225. The van der Waals surface area contributed by atoms with Crippen LogP contribution in [0.3, 0.4) is 0 Å². The van der Waals surface area contributed by atoms with Crippen LogP contribution in [0.1, 0.15) is 43.7 Å². The predicted octanol–water partition coefficient (Wildman–Crippen LogP) is 5.86. The van der Waals surface area contributed by atoms with Crippen molar-refractivity contribution in [3.63, 3.8) is 0 Å². The van der Waals surface area contributed by atoms with E-state index in [1.54, 1.807) is 12.1 Å². The molecule has 0 heterocycles. The Morgan fingerprint density at radius 3 is 2.09 bits per heavy atom. The summed E-state index contributed by atoms with van der Waals surface area (Å²) >= 11 is 0. The van der Waals surface area contributed by atoms with Crippen LogP contribution in [0, 0.1) is 11.7 Å². The SMILES string of the molecule is CC(=NCc1ccc(F)cc1)C1CCC(NS(=O)c2ccc(-c3ccc(CCO)cc3)cc2)CC1. The Bertz CT molecular complexity index is 1140. The van der Waals surface area contributed by atoms with Gasteiger partial charge in [-0.15, -0.1) is 0 Å². The van der Waals surface area contributed by atoms with Gasteiger partial charge in [0.1, 0.15) is 16.8 Å². The van der Waals surface area contributed by atoms with Crippen LogP contribution >= 0.6 is 0 Å². The van der Waals surface area contributed by atoms with Crippen LogP contribution in [-0.2, 0) is 24.0 Å². The largest absolute Gasteiger partial charge is 0.396 e. The summed E-state index contributed by atoms with van der Waals surface area (Å²) in [6.45, 7) is 2.82. The van der Waals surface area contributed by atoms with E-state index in [9.17, 15) is 8.60 Å². The Morgan fingerprint density at radius 1 is 0.914 bits per heavy atom. The van der Waals surface area contributed by atoms with E-state index in [-0.39, 0.29) is 18.5 Å². The van der Waals surface area contributed by atoms with Gasteiger partial charge in [-0.2, -0.15) is 0 Å². The van der Waals surface area contributed by atoms with Crippen molar-refractivity contribution in [1.29, 1.82) is 0 Å². The van der Waals surface area contributed by atoms with Crippen LogP contribution in [0.15, 0.2) is 82.7 Å². The van der Waals surface area contributed by atoms with E-state index in [1.165, 1.54) is 12.1 Å². The first-order valence-corrected chi connectivity index (χ1v) is 13.4. The lowest BCUT2D eigenvalue weighted by Crippen LogP contribution is -2.35. The van der Waals surface area contributed by atoms with Crippen molar-refractivity contribution in [2.75, 3.05) is 6.61 Å². The first-order chi connectivity index (χ1) is 17.0. The fourth-order valence-electron chi connectivity index (χ4n) is 4.55. The fraction of sp³-hybridized carbons (Fsp3) is 0.345. The number of nitrogens with one attached hydrogen (secondary N) is 1. The zero-order chi connectivity index (χ0) is 24.6. The van der Waals surface area contributed by atoms with E-state index < -0.39 is 11.0 Å². The summed E-state index contributed by atoms with van der Waals surface area (Å²) in [6, 6.07) is 22.8. The van der Waals surface area contributed by atoms with Crippen LogP contribution in [0.2, 0.25) is 0 Å². The summed E-state index contributed by atoms with van der Waals surface area (Å²) in [5, 5.41) is 9.06. The first-order valence-electron chi connectivity index (χ1n) is 12.3. The number of aliphatic hydroxyl groups is 1. The molecule has 2 N–H and O–H groups in total. The molecule has 4 nitrogen and oxygen atoms in total. The van der Waals surface area contributed by atoms with Crippen molar-refractivity contribution in [2.24, 2.45) is 10.9 Å². The summed E-state index contributed by atoms with van der Waals surface area (Å²) in [4.78, 5) is 5.51. The zero-order valence-corrected chi connectivity index (χ0v) is 20.9. The van der Waals surface area contributed by atoms with E-state index in [0.717, 1.165) is 58.5 Å². The number of hydrogen-bond donors (Lipinski definition) is 2. The number of nitrogens with zero attached hydrogens (tertiary/aromatic N) is 1. The van der Waals surface area contributed by atoms with Gasteiger partial charge >= 0.3 is 0 Å². The minimum absolute atomic E-state index is 0.152. The van der Waals surface area contributed by atoms with Gasteiger partial charge in [0.25, 0.3) is 0 Å². The standard InChI is InChI=1S/C29H33FN2O2S/c1-21(31-20-23-4-12-27(30)13-5-23)24-8-14-28(15-9-24)32-35(34)29-16-10-26(11-17-29)25-6-2-22(3-7-25)18-19-33/h2-7,10-13,16-17,24,28,32-33H,8-9,14-15,18-20H2,1H3. The van der Waals surface area contributed by atoms with E-state index in [0.29, 0.717) is 18.9 Å². The van der Waals surface area contributed by atoms with Gasteiger partial charge in [-0.3, -0.25) is 4.99 Å². The Hall–Kier alpha value is -2.67. The number of hydrogen-bond acceptors (Lipinski definition) is 3. The van der Waals surface area contributed by atoms with E-state index >= 15 is 0 Å². The van der Waals surface area contributed by atoms with E-state index in [2.05, 4.69) is 23.8 Å². The lowest BCUT2D eigenvalue weighted by molar-refractivity contribution is 0.299. The molecule has 0 radical (unpaired) electrons. The average molecular weight is 493 g/mol. The van der Waals surface area contributed by atoms with Crippen LogP contribution in [0.5, 0.6) is 0 Å². The second-order valence-electron chi connectivity index (χ2n) is 9.21. The molecule has 0 spiro atoms. The molecule has 35 heavy (non-hydrogen) atoms. The van der Waals surface area contributed by atoms with Crippen LogP contribution in [-0.4, -0.2) is 27.7 Å². The molecule has 3 aromatic rings. The van der Waals surface area contributed by atoms with Crippen LogP contribution < -0.4 is 4.72 Å². The predicted molar refractivity (Wildman–Crippen MR) is 141 cm³/mol. The lowest BCUT2D eigenvalue weighted by Gasteiger charge is -2.28. The summed E-state index contributed by atoms with van der Waals surface area (Å²) in [6.07, 6.45) is 4.65. The maximum absolute atomic E-state index is 13.1. The third-order valence-corrected chi connectivity index (χ3v) is 8.02. The highest BCUT2D eigenvalue weighted by Crippen LogP contribution is 2.27. The Kier molecular flexibility index (Phi) is 8.96. The molecule has 1 unspecified atom stereocenters. The molecule has 0 aromatic heterocycles. The number of aliphatic imine (C=N–C) groups is 1. The molecule has 3 aromatic carbocycles. The lowest BCUT2D eigenvalue weighted by atomic mass is 9.84. The molecule has 1 aliphatic rings.